The topological polar surface area (TPSA) is 95.0 Å². The van der Waals surface area contributed by atoms with Crippen LogP contribution in [0.5, 0.6) is 0 Å². The number of anilines is 1. The summed E-state index contributed by atoms with van der Waals surface area (Å²) >= 11 is 0. The molecule has 1 saturated carbocycles. The second-order valence-electron chi connectivity index (χ2n) is 5.17. The van der Waals surface area contributed by atoms with Crippen LogP contribution in [0.25, 0.3) is 0 Å². The van der Waals surface area contributed by atoms with Crippen LogP contribution in [0.3, 0.4) is 0 Å². The Kier molecular flexibility index (Phi) is 3.90. The number of rotatable bonds is 4. The minimum atomic E-state index is -0.584. The molecule has 1 aromatic heterocycles. The van der Waals surface area contributed by atoms with Crippen LogP contribution in [0.15, 0.2) is 23.5 Å². The van der Waals surface area contributed by atoms with E-state index >= 15 is 0 Å². The summed E-state index contributed by atoms with van der Waals surface area (Å²) in [5.74, 6) is -0.0105. The fraction of sp³-hybridized carbons (Fsp3) is 0.538. The van der Waals surface area contributed by atoms with Crippen molar-refractivity contribution >= 4 is 11.5 Å². The normalized spacial score (nSPS) is 18.5. The molecule has 0 spiro atoms. The van der Waals surface area contributed by atoms with E-state index in [4.69, 9.17) is 10.9 Å². The molecule has 0 atom stereocenters. The third-order valence-electron chi connectivity index (χ3n) is 3.62. The fourth-order valence-corrected chi connectivity index (χ4v) is 2.54. The maximum Gasteiger partial charge on any atom is 0.188 e. The molecule has 2 rings (SSSR count). The van der Waals surface area contributed by atoms with Gasteiger partial charge in [-0.25, -0.2) is 0 Å². The Morgan fingerprint density at radius 3 is 2.68 bits per heavy atom. The molecule has 0 radical (unpaired) electrons. The lowest BCUT2D eigenvalue weighted by Crippen LogP contribution is -2.39. The molecule has 0 aromatic carbocycles. The number of amidine groups is 1. The molecule has 0 amide bonds. The number of aliphatic hydroxyl groups is 1. The van der Waals surface area contributed by atoms with Crippen LogP contribution in [0.2, 0.25) is 0 Å². The number of nitrogens with zero attached hydrogens (tertiary/aromatic N) is 3. The van der Waals surface area contributed by atoms with E-state index < -0.39 is 5.60 Å². The number of nitrogens with two attached hydrogens (primary N) is 1. The van der Waals surface area contributed by atoms with Gasteiger partial charge in [-0.2, -0.15) is 0 Å². The summed E-state index contributed by atoms with van der Waals surface area (Å²) in [5, 5.41) is 21.8. The molecule has 1 aliphatic carbocycles. The molecule has 1 aliphatic rings. The van der Waals surface area contributed by atoms with Crippen LogP contribution in [0.1, 0.15) is 31.4 Å². The van der Waals surface area contributed by atoms with Crippen molar-refractivity contribution in [3.63, 3.8) is 0 Å². The largest absolute Gasteiger partial charge is 0.409 e. The molecule has 4 N–H and O–H groups in total. The number of hydrogen-bond donors (Lipinski definition) is 3. The summed E-state index contributed by atoms with van der Waals surface area (Å²) in [6.45, 7) is 0.595. The molecule has 6 nitrogen and oxygen atoms in total. The Balaban J connectivity index is 2.05. The maximum atomic E-state index is 10.4. The maximum absolute atomic E-state index is 10.4. The SMILES string of the molecule is CN(CC1(O)CCCC1)c1ccc(/C(N)=N/O)nc1. The second kappa shape index (κ2) is 5.44. The Hall–Kier alpha value is -1.82. The second-order valence-corrected chi connectivity index (χ2v) is 5.17. The Bertz CT molecular complexity index is 452. The monoisotopic (exact) mass is 264 g/mol. The molecule has 0 bridgehead atoms. The molecule has 0 aliphatic heterocycles. The zero-order chi connectivity index (χ0) is 13.9. The zero-order valence-corrected chi connectivity index (χ0v) is 11.1. The van der Waals surface area contributed by atoms with Crippen molar-refractivity contribution in [2.75, 3.05) is 18.5 Å². The molecular weight excluding hydrogens is 244 g/mol. The minimum absolute atomic E-state index is 0.0105. The number of hydrogen-bond acceptors (Lipinski definition) is 5. The van der Waals surface area contributed by atoms with Crippen LogP contribution in [-0.2, 0) is 0 Å². The summed E-state index contributed by atoms with van der Waals surface area (Å²) in [7, 11) is 1.93. The molecule has 0 unspecified atom stereocenters. The Morgan fingerprint density at radius 1 is 1.47 bits per heavy atom. The highest BCUT2D eigenvalue weighted by molar-refractivity contribution is 5.95. The molecule has 0 saturated heterocycles. The van der Waals surface area contributed by atoms with Crippen molar-refractivity contribution in [1.29, 1.82) is 0 Å². The van der Waals surface area contributed by atoms with Gasteiger partial charge in [0, 0.05) is 13.6 Å². The molecule has 6 heteroatoms. The third kappa shape index (κ3) is 3.14. The van der Waals surface area contributed by atoms with Gasteiger partial charge in [0.1, 0.15) is 5.69 Å². The Morgan fingerprint density at radius 2 is 2.16 bits per heavy atom. The van der Waals surface area contributed by atoms with Crippen molar-refractivity contribution in [1.82, 2.24) is 4.98 Å². The number of oxime groups is 1. The molecule has 1 fully saturated rings. The van der Waals surface area contributed by atoms with E-state index in [9.17, 15) is 5.11 Å². The van der Waals surface area contributed by atoms with Gasteiger partial charge in [0.15, 0.2) is 5.84 Å². The predicted molar refractivity (Wildman–Crippen MR) is 73.4 cm³/mol. The average molecular weight is 264 g/mol. The van der Waals surface area contributed by atoms with Crippen LogP contribution in [0, 0.1) is 0 Å². The number of aromatic nitrogens is 1. The predicted octanol–water partition coefficient (Wildman–Crippen LogP) is 0.917. The summed E-state index contributed by atoms with van der Waals surface area (Å²) in [5.41, 5.74) is 6.20. The van der Waals surface area contributed by atoms with Gasteiger partial charge in [0.25, 0.3) is 0 Å². The van der Waals surface area contributed by atoms with Crippen LogP contribution >= 0.6 is 0 Å². The van der Waals surface area contributed by atoms with Crippen LogP contribution in [0.4, 0.5) is 5.69 Å². The van der Waals surface area contributed by atoms with Crippen molar-refractivity contribution in [2.45, 2.75) is 31.3 Å². The van der Waals surface area contributed by atoms with E-state index in [-0.39, 0.29) is 5.84 Å². The highest BCUT2D eigenvalue weighted by atomic mass is 16.4. The van der Waals surface area contributed by atoms with Crippen LogP contribution < -0.4 is 10.6 Å². The van der Waals surface area contributed by atoms with Gasteiger partial charge in [0.05, 0.1) is 17.5 Å². The third-order valence-corrected chi connectivity index (χ3v) is 3.62. The van der Waals surface area contributed by atoms with E-state index in [0.29, 0.717) is 12.2 Å². The van der Waals surface area contributed by atoms with Gasteiger partial charge in [-0.3, -0.25) is 4.98 Å². The van der Waals surface area contributed by atoms with Gasteiger partial charge in [-0.1, -0.05) is 18.0 Å². The van der Waals surface area contributed by atoms with E-state index in [1.807, 2.05) is 18.0 Å². The first-order valence-electron chi connectivity index (χ1n) is 6.41. The smallest absolute Gasteiger partial charge is 0.188 e. The summed E-state index contributed by atoms with van der Waals surface area (Å²) in [6, 6.07) is 3.54. The minimum Gasteiger partial charge on any atom is -0.409 e. The molecule has 1 aromatic rings. The van der Waals surface area contributed by atoms with Gasteiger partial charge in [-0.05, 0) is 25.0 Å². The standard InChI is InChI=1S/C13H20N4O2/c1-17(9-13(18)6-2-3-7-13)10-4-5-11(15-8-10)12(14)16-19/h4-5,8,18-19H,2-3,6-7,9H2,1H3,(H2,14,16). The lowest BCUT2D eigenvalue weighted by atomic mass is 10.0. The first-order valence-corrected chi connectivity index (χ1v) is 6.41. The average Bonchev–Trinajstić information content (AvgIpc) is 2.84. The van der Waals surface area contributed by atoms with Gasteiger partial charge < -0.3 is 20.9 Å². The molecular formula is C13H20N4O2. The quantitative estimate of drug-likeness (QED) is 0.325. The highest BCUT2D eigenvalue weighted by Gasteiger charge is 2.32. The van der Waals surface area contributed by atoms with E-state index in [0.717, 1.165) is 31.4 Å². The lowest BCUT2D eigenvalue weighted by molar-refractivity contribution is 0.0559. The van der Waals surface area contributed by atoms with Crippen molar-refractivity contribution in [3.8, 4) is 0 Å². The van der Waals surface area contributed by atoms with Crippen LogP contribution in [-0.4, -0.2) is 40.3 Å². The van der Waals surface area contributed by atoms with Gasteiger partial charge >= 0.3 is 0 Å². The van der Waals surface area contributed by atoms with Crippen molar-refractivity contribution in [2.24, 2.45) is 10.9 Å². The highest BCUT2D eigenvalue weighted by Crippen LogP contribution is 2.30. The van der Waals surface area contributed by atoms with Crippen molar-refractivity contribution in [3.05, 3.63) is 24.0 Å². The van der Waals surface area contributed by atoms with E-state index in [2.05, 4.69) is 10.1 Å². The molecule has 104 valence electrons. The molecule has 1 heterocycles. The van der Waals surface area contributed by atoms with Crippen molar-refractivity contribution < 1.29 is 10.3 Å². The summed E-state index contributed by atoms with van der Waals surface area (Å²) in [6.07, 6.45) is 5.54. The van der Waals surface area contributed by atoms with E-state index in [1.165, 1.54) is 0 Å². The summed E-state index contributed by atoms with van der Waals surface area (Å²) < 4.78 is 0. The zero-order valence-electron chi connectivity index (χ0n) is 11.1. The lowest BCUT2D eigenvalue weighted by Gasteiger charge is -2.29. The number of likely N-dealkylation sites (N-methyl/N-ethyl adjacent to an activating group) is 1. The first kappa shape index (κ1) is 13.6. The van der Waals surface area contributed by atoms with E-state index in [1.54, 1.807) is 12.3 Å². The number of pyridine rings is 1. The van der Waals surface area contributed by atoms with Gasteiger partial charge in [0.2, 0.25) is 0 Å². The molecule has 19 heavy (non-hydrogen) atoms. The first-order chi connectivity index (χ1) is 9.04. The van der Waals surface area contributed by atoms with Gasteiger partial charge in [-0.15, -0.1) is 0 Å². The Labute approximate surface area is 112 Å². The fourth-order valence-electron chi connectivity index (χ4n) is 2.54. The summed E-state index contributed by atoms with van der Waals surface area (Å²) in [4.78, 5) is 6.11.